The van der Waals surface area contributed by atoms with E-state index < -0.39 is 23.5 Å². The largest absolute Gasteiger partial charge is 0.481 e. The van der Waals surface area contributed by atoms with Crippen LogP contribution in [0.4, 0.5) is 8.78 Å². The topological polar surface area (TPSA) is 57.6 Å². The zero-order valence-corrected chi connectivity index (χ0v) is 14.6. The van der Waals surface area contributed by atoms with Crippen molar-refractivity contribution >= 4 is 23.6 Å². The lowest BCUT2D eigenvalue weighted by molar-refractivity contribution is -0.141. The molecule has 7 heteroatoms. The minimum atomic E-state index is -0.960. The lowest BCUT2D eigenvalue weighted by Crippen LogP contribution is -2.31. The maximum absolute atomic E-state index is 13.2. The third-order valence-electron chi connectivity index (χ3n) is 4.47. The lowest BCUT2D eigenvalue weighted by atomic mass is 9.89. The van der Waals surface area contributed by atoms with Gasteiger partial charge in [0.25, 0.3) is 0 Å². The molecular weight excluding hydrogens is 360 g/mol. The monoisotopic (exact) mass is 377 g/mol. The van der Waals surface area contributed by atoms with Crippen LogP contribution in [-0.4, -0.2) is 40.7 Å². The van der Waals surface area contributed by atoms with Gasteiger partial charge in [0.15, 0.2) is 11.6 Å². The molecule has 2 aromatic carbocycles. The minimum absolute atomic E-state index is 0.0406. The molecule has 1 amide bonds. The average Bonchev–Trinajstić information content (AvgIpc) is 3.09. The van der Waals surface area contributed by atoms with Gasteiger partial charge in [0.1, 0.15) is 0 Å². The molecule has 2 atom stereocenters. The molecule has 1 aliphatic heterocycles. The number of likely N-dealkylation sites (tertiary alicyclic amines) is 1. The number of hydrogen-bond acceptors (Lipinski definition) is 3. The van der Waals surface area contributed by atoms with E-state index in [1.165, 1.54) is 11.0 Å². The maximum atomic E-state index is 13.2. The highest BCUT2D eigenvalue weighted by Crippen LogP contribution is 2.33. The minimum Gasteiger partial charge on any atom is -0.481 e. The first-order valence-corrected chi connectivity index (χ1v) is 9.07. The van der Waals surface area contributed by atoms with E-state index in [-0.39, 0.29) is 24.1 Å². The Balaban J connectivity index is 1.66. The van der Waals surface area contributed by atoms with Crippen molar-refractivity contribution in [1.29, 1.82) is 0 Å². The van der Waals surface area contributed by atoms with Crippen molar-refractivity contribution in [3.63, 3.8) is 0 Å². The summed E-state index contributed by atoms with van der Waals surface area (Å²) in [5.41, 5.74) is 0.892. The number of rotatable bonds is 5. The van der Waals surface area contributed by atoms with Crippen molar-refractivity contribution in [3.8, 4) is 0 Å². The number of carboxylic acid groups (broad SMARTS) is 1. The summed E-state index contributed by atoms with van der Waals surface area (Å²) in [7, 11) is 0. The van der Waals surface area contributed by atoms with Gasteiger partial charge in [-0.15, -0.1) is 11.8 Å². The number of thioether (sulfide) groups is 1. The SMILES string of the molecule is O=C(O)C1CN(C(=O)CSc2ccc(F)c(F)c2)CC1c1ccccc1. The molecule has 1 saturated heterocycles. The number of carboxylic acids is 1. The highest BCUT2D eigenvalue weighted by atomic mass is 32.2. The number of benzene rings is 2. The van der Waals surface area contributed by atoms with Crippen LogP contribution in [0.2, 0.25) is 0 Å². The molecule has 4 nitrogen and oxygen atoms in total. The molecule has 1 N–H and O–H groups in total. The zero-order chi connectivity index (χ0) is 18.7. The average molecular weight is 377 g/mol. The summed E-state index contributed by atoms with van der Waals surface area (Å²) in [5.74, 6) is -3.92. The van der Waals surface area contributed by atoms with Gasteiger partial charge in [-0.3, -0.25) is 9.59 Å². The second-order valence-corrected chi connectivity index (χ2v) is 7.17. The number of aliphatic carboxylic acids is 1. The summed E-state index contributed by atoms with van der Waals surface area (Å²) in [4.78, 5) is 26.0. The predicted octanol–water partition coefficient (Wildman–Crippen LogP) is 3.38. The summed E-state index contributed by atoms with van der Waals surface area (Å²) in [6.45, 7) is 0.476. The second-order valence-electron chi connectivity index (χ2n) is 6.13. The van der Waals surface area contributed by atoms with E-state index in [4.69, 9.17) is 0 Å². The summed E-state index contributed by atoms with van der Waals surface area (Å²) >= 11 is 1.10. The van der Waals surface area contributed by atoms with Gasteiger partial charge in [-0.2, -0.15) is 0 Å². The number of amides is 1. The van der Waals surface area contributed by atoms with Crippen LogP contribution in [-0.2, 0) is 9.59 Å². The zero-order valence-electron chi connectivity index (χ0n) is 13.8. The highest BCUT2D eigenvalue weighted by Gasteiger charge is 2.40. The number of carbonyl (C=O) groups excluding carboxylic acids is 1. The molecule has 26 heavy (non-hydrogen) atoms. The van der Waals surface area contributed by atoms with Crippen molar-refractivity contribution in [1.82, 2.24) is 4.90 Å². The molecule has 1 aliphatic rings. The molecule has 0 aromatic heterocycles. The van der Waals surface area contributed by atoms with Crippen LogP contribution < -0.4 is 0 Å². The van der Waals surface area contributed by atoms with Gasteiger partial charge in [0, 0.05) is 23.9 Å². The second kappa shape index (κ2) is 7.86. The number of carbonyl (C=O) groups is 2. The van der Waals surface area contributed by atoms with Crippen molar-refractivity contribution < 1.29 is 23.5 Å². The summed E-state index contributed by atoms with van der Waals surface area (Å²) in [5, 5.41) is 9.49. The van der Waals surface area contributed by atoms with Gasteiger partial charge < -0.3 is 10.0 Å². The van der Waals surface area contributed by atoms with Crippen LogP contribution in [0, 0.1) is 17.6 Å². The fourth-order valence-electron chi connectivity index (χ4n) is 3.10. The van der Waals surface area contributed by atoms with Gasteiger partial charge in [0.2, 0.25) is 5.91 Å². The number of halogens is 2. The van der Waals surface area contributed by atoms with Gasteiger partial charge in [0.05, 0.1) is 11.7 Å². The van der Waals surface area contributed by atoms with Crippen molar-refractivity contribution in [2.75, 3.05) is 18.8 Å². The Labute approximate surface area is 153 Å². The molecular formula is C19H17F2NO3S. The molecule has 1 fully saturated rings. The Morgan fingerprint density at radius 1 is 1.08 bits per heavy atom. The summed E-state index contributed by atoms with van der Waals surface area (Å²) in [6, 6.07) is 12.8. The van der Waals surface area contributed by atoms with Crippen molar-refractivity contribution in [2.24, 2.45) is 5.92 Å². The van der Waals surface area contributed by atoms with E-state index in [1.807, 2.05) is 30.3 Å². The maximum Gasteiger partial charge on any atom is 0.308 e. The molecule has 2 unspecified atom stereocenters. The van der Waals surface area contributed by atoms with Gasteiger partial charge in [-0.25, -0.2) is 8.78 Å². The molecule has 0 spiro atoms. The van der Waals surface area contributed by atoms with E-state index in [9.17, 15) is 23.5 Å². The standard InChI is InChI=1S/C19H17F2NO3S/c20-16-7-6-13(8-17(16)21)26-11-18(23)22-9-14(15(10-22)19(24)25)12-4-2-1-3-5-12/h1-8,14-15H,9-11H2,(H,24,25). The van der Waals surface area contributed by atoms with Crippen molar-refractivity contribution in [3.05, 3.63) is 65.7 Å². The van der Waals surface area contributed by atoms with Crippen LogP contribution >= 0.6 is 11.8 Å². The Morgan fingerprint density at radius 3 is 2.46 bits per heavy atom. The molecule has 0 bridgehead atoms. The summed E-state index contributed by atoms with van der Waals surface area (Å²) < 4.78 is 26.2. The quantitative estimate of drug-likeness (QED) is 0.812. The first kappa shape index (κ1) is 18.4. The van der Waals surface area contributed by atoms with Crippen molar-refractivity contribution in [2.45, 2.75) is 10.8 Å². The molecule has 0 aliphatic carbocycles. The molecule has 0 saturated carbocycles. The smallest absolute Gasteiger partial charge is 0.308 e. The van der Waals surface area contributed by atoms with Gasteiger partial charge in [-0.1, -0.05) is 30.3 Å². The van der Waals surface area contributed by atoms with E-state index in [0.717, 1.165) is 29.5 Å². The van der Waals surface area contributed by atoms with E-state index in [2.05, 4.69) is 0 Å². The van der Waals surface area contributed by atoms with Crippen LogP contribution in [0.25, 0.3) is 0 Å². The number of nitrogens with zero attached hydrogens (tertiary/aromatic N) is 1. The molecule has 136 valence electrons. The van der Waals surface area contributed by atoms with Gasteiger partial charge in [-0.05, 0) is 23.8 Å². The third-order valence-corrected chi connectivity index (χ3v) is 5.45. The predicted molar refractivity (Wildman–Crippen MR) is 94.0 cm³/mol. The molecule has 0 radical (unpaired) electrons. The lowest BCUT2D eigenvalue weighted by Gasteiger charge is -2.16. The normalized spacial score (nSPS) is 19.5. The van der Waals surface area contributed by atoms with Crippen LogP contribution in [0.15, 0.2) is 53.4 Å². The fraction of sp³-hybridized carbons (Fsp3) is 0.263. The highest BCUT2D eigenvalue weighted by molar-refractivity contribution is 8.00. The first-order valence-electron chi connectivity index (χ1n) is 8.09. The van der Waals surface area contributed by atoms with Crippen LogP contribution in [0.3, 0.4) is 0 Å². The Bertz CT molecular complexity index is 816. The Hall–Kier alpha value is -2.41. The van der Waals surface area contributed by atoms with Gasteiger partial charge >= 0.3 is 5.97 Å². The number of hydrogen-bond donors (Lipinski definition) is 1. The van der Waals surface area contributed by atoms with E-state index in [1.54, 1.807) is 0 Å². The van der Waals surface area contributed by atoms with Crippen LogP contribution in [0.1, 0.15) is 11.5 Å². The molecule has 2 aromatic rings. The summed E-state index contributed by atoms with van der Waals surface area (Å²) in [6.07, 6.45) is 0. The molecule has 3 rings (SSSR count). The van der Waals surface area contributed by atoms with E-state index >= 15 is 0 Å². The van der Waals surface area contributed by atoms with Crippen LogP contribution in [0.5, 0.6) is 0 Å². The first-order chi connectivity index (χ1) is 12.5. The molecule has 1 heterocycles. The van der Waals surface area contributed by atoms with E-state index in [0.29, 0.717) is 11.4 Å². The third kappa shape index (κ3) is 4.04. The Morgan fingerprint density at radius 2 is 1.81 bits per heavy atom. The Kier molecular flexibility index (Phi) is 5.56. The fourth-order valence-corrected chi connectivity index (χ4v) is 3.92.